The topological polar surface area (TPSA) is 59.2 Å². The van der Waals surface area contributed by atoms with Gasteiger partial charge in [0.2, 0.25) is 5.91 Å². The molecule has 1 fully saturated rings. The lowest BCUT2D eigenvalue weighted by Gasteiger charge is -2.34. The number of amides is 1. The van der Waals surface area contributed by atoms with Gasteiger partial charge in [0.1, 0.15) is 0 Å². The summed E-state index contributed by atoms with van der Waals surface area (Å²) in [6.45, 7) is 6.01. The first kappa shape index (κ1) is 13.2. The minimum atomic E-state index is 0.159. The fraction of sp³-hybridized carbons (Fsp3) is 0.538. The average molecular weight is 265 g/mol. The zero-order valence-corrected chi connectivity index (χ0v) is 11.6. The third-order valence-electron chi connectivity index (χ3n) is 2.95. The van der Waals surface area contributed by atoms with E-state index >= 15 is 0 Å². The Kier molecular flexibility index (Phi) is 4.11. The Morgan fingerprint density at radius 3 is 2.67 bits per heavy atom. The summed E-state index contributed by atoms with van der Waals surface area (Å²) in [5.41, 5.74) is 6.99. The SMILES string of the molecule is CC1CN(C(=O)Cc2ccc(N)cn2)CC(C)S1. The van der Waals surface area contributed by atoms with Crippen LogP contribution in [0, 0.1) is 0 Å². The second-order valence-electron chi connectivity index (χ2n) is 4.82. The van der Waals surface area contributed by atoms with E-state index in [4.69, 9.17) is 5.73 Å². The number of hydrogen-bond donors (Lipinski definition) is 1. The molecule has 0 aliphatic carbocycles. The van der Waals surface area contributed by atoms with Crippen molar-refractivity contribution >= 4 is 23.4 Å². The lowest BCUT2D eigenvalue weighted by Crippen LogP contribution is -2.44. The van der Waals surface area contributed by atoms with Crippen molar-refractivity contribution in [2.45, 2.75) is 30.8 Å². The summed E-state index contributed by atoms with van der Waals surface area (Å²) in [6, 6.07) is 3.60. The highest BCUT2D eigenvalue weighted by Gasteiger charge is 2.25. The molecule has 2 rings (SSSR count). The van der Waals surface area contributed by atoms with Gasteiger partial charge < -0.3 is 10.6 Å². The van der Waals surface area contributed by atoms with Gasteiger partial charge in [0.05, 0.1) is 18.3 Å². The number of rotatable bonds is 2. The van der Waals surface area contributed by atoms with Crippen molar-refractivity contribution in [2.24, 2.45) is 0 Å². The van der Waals surface area contributed by atoms with Crippen molar-refractivity contribution in [3.8, 4) is 0 Å². The number of carbonyl (C=O) groups is 1. The smallest absolute Gasteiger partial charge is 0.228 e. The molecule has 4 nitrogen and oxygen atoms in total. The number of nitrogen functional groups attached to an aromatic ring is 1. The van der Waals surface area contributed by atoms with Gasteiger partial charge in [0, 0.05) is 29.3 Å². The van der Waals surface area contributed by atoms with Crippen LogP contribution in [0.4, 0.5) is 5.69 Å². The van der Waals surface area contributed by atoms with E-state index in [2.05, 4.69) is 18.8 Å². The zero-order valence-electron chi connectivity index (χ0n) is 10.8. The zero-order chi connectivity index (χ0) is 13.1. The molecule has 18 heavy (non-hydrogen) atoms. The van der Waals surface area contributed by atoms with Crippen LogP contribution >= 0.6 is 11.8 Å². The molecule has 98 valence electrons. The molecule has 2 heterocycles. The molecule has 2 unspecified atom stereocenters. The van der Waals surface area contributed by atoms with Crippen LogP contribution < -0.4 is 5.73 Å². The summed E-state index contributed by atoms with van der Waals surface area (Å²) in [5, 5.41) is 1.02. The molecular formula is C13H19N3OS. The van der Waals surface area contributed by atoms with E-state index in [-0.39, 0.29) is 5.91 Å². The van der Waals surface area contributed by atoms with Crippen LogP contribution in [-0.4, -0.2) is 39.4 Å². The van der Waals surface area contributed by atoms with Crippen LogP contribution in [0.25, 0.3) is 0 Å². The quantitative estimate of drug-likeness (QED) is 0.881. The molecule has 2 atom stereocenters. The number of nitrogens with two attached hydrogens (primary N) is 1. The van der Waals surface area contributed by atoms with Crippen LogP contribution in [0.3, 0.4) is 0 Å². The highest BCUT2D eigenvalue weighted by Crippen LogP contribution is 2.24. The van der Waals surface area contributed by atoms with E-state index in [1.165, 1.54) is 0 Å². The van der Waals surface area contributed by atoms with E-state index < -0.39 is 0 Å². The Labute approximate surface area is 112 Å². The number of nitrogens with zero attached hydrogens (tertiary/aromatic N) is 2. The molecule has 1 aliphatic rings. The van der Waals surface area contributed by atoms with Crippen LogP contribution in [0.15, 0.2) is 18.3 Å². The number of thioether (sulfide) groups is 1. The van der Waals surface area contributed by atoms with Gasteiger partial charge in [0.15, 0.2) is 0 Å². The fourth-order valence-electron chi connectivity index (χ4n) is 2.19. The van der Waals surface area contributed by atoms with Gasteiger partial charge >= 0.3 is 0 Å². The maximum atomic E-state index is 12.2. The van der Waals surface area contributed by atoms with Crippen molar-refractivity contribution < 1.29 is 4.79 Å². The van der Waals surface area contributed by atoms with Crippen LogP contribution in [0.5, 0.6) is 0 Å². The first-order valence-corrected chi connectivity index (χ1v) is 7.12. The summed E-state index contributed by atoms with van der Waals surface area (Å²) < 4.78 is 0. The molecule has 1 aliphatic heterocycles. The van der Waals surface area contributed by atoms with E-state index in [9.17, 15) is 4.79 Å². The largest absolute Gasteiger partial charge is 0.397 e. The number of carbonyl (C=O) groups excluding carboxylic acids is 1. The van der Waals surface area contributed by atoms with Gasteiger partial charge in [-0.2, -0.15) is 11.8 Å². The lowest BCUT2D eigenvalue weighted by molar-refractivity contribution is -0.130. The van der Waals surface area contributed by atoms with Crippen molar-refractivity contribution in [1.29, 1.82) is 0 Å². The summed E-state index contributed by atoms with van der Waals surface area (Å²) in [6.07, 6.45) is 1.96. The highest BCUT2D eigenvalue weighted by molar-refractivity contribution is 8.00. The van der Waals surface area contributed by atoms with Crippen molar-refractivity contribution in [3.05, 3.63) is 24.0 Å². The Bertz CT molecular complexity index is 411. The van der Waals surface area contributed by atoms with E-state index in [1.54, 1.807) is 12.3 Å². The van der Waals surface area contributed by atoms with E-state index in [0.717, 1.165) is 18.8 Å². The monoisotopic (exact) mass is 265 g/mol. The van der Waals surface area contributed by atoms with Gasteiger partial charge in [-0.1, -0.05) is 13.8 Å². The summed E-state index contributed by atoms with van der Waals surface area (Å²) >= 11 is 1.94. The number of aromatic nitrogens is 1. The fourth-order valence-corrected chi connectivity index (χ4v) is 3.51. The van der Waals surface area contributed by atoms with Crippen molar-refractivity contribution in [2.75, 3.05) is 18.8 Å². The number of pyridine rings is 1. The van der Waals surface area contributed by atoms with Crippen molar-refractivity contribution in [3.63, 3.8) is 0 Å². The van der Waals surface area contributed by atoms with Crippen LogP contribution in [0.1, 0.15) is 19.5 Å². The molecule has 1 saturated heterocycles. The third kappa shape index (κ3) is 3.38. The molecule has 5 heteroatoms. The van der Waals surface area contributed by atoms with Gasteiger partial charge in [-0.05, 0) is 12.1 Å². The highest BCUT2D eigenvalue weighted by atomic mass is 32.2. The third-order valence-corrected chi connectivity index (χ3v) is 4.18. The molecule has 1 aromatic rings. The maximum Gasteiger partial charge on any atom is 0.228 e. The Morgan fingerprint density at radius 2 is 2.11 bits per heavy atom. The average Bonchev–Trinajstić information content (AvgIpc) is 2.31. The molecule has 2 N–H and O–H groups in total. The predicted molar refractivity (Wildman–Crippen MR) is 75.4 cm³/mol. The molecule has 0 spiro atoms. The minimum Gasteiger partial charge on any atom is -0.397 e. The molecule has 1 amide bonds. The number of hydrogen-bond acceptors (Lipinski definition) is 4. The van der Waals surface area contributed by atoms with Gasteiger partial charge in [0.25, 0.3) is 0 Å². The standard InChI is InChI=1S/C13H19N3OS/c1-9-7-16(8-10(2)18-9)13(17)5-12-4-3-11(14)6-15-12/h3-4,6,9-10H,5,7-8,14H2,1-2H3. The van der Waals surface area contributed by atoms with Gasteiger partial charge in [-0.3, -0.25) is 9.78 Å². The minimum absolute atomic E-state index is 0.159. The van der Waals surface area contributed by atoms with Crippen LogP contribution in [0.2, 0.25) is 0 Å². The van der Waals surface area contributed by atoms with Gasteiger partial charge in [-0.25, -0.2) is 0 Å². The number of anilines is 1. The first-order valence-electron chi connectivity index (χ1n) is 6.18. The summed E-state index contributed by atoms with van der Waals surface area (Å²) in [7, 11) is 0. The predicted octanol–water partition coefficient (Wildman–Crippen LogP) is 1.56. The maximum absolute atomic E-state index is 12.2. The molecule has 0 saturated carbocycles. The summed E-state index contributed by atoms with van der Waals surface area (Å²) in [4.78, 5) is 18.3. The summed E-state index contributed by atoms with van der Waals surface area (Å²) in [5.74, 6) is 0.159. The molecule has 0 radical (unpaired) electrons. The molecule has 0 bridgehead atoms. The molecule has 0 aromatic carbocycles. The van der Waals surface area contributed by atoms with E-state index in [0.29, 0.717) is 22.6 Å². The second kappa shape index (κ2) is 5.61. The second-order valence-corrected chi connectivity index (χ2v) is 6.70. The van der Waals surface area contributed by atoms with E-state index in [1.807, 2.05) is 22.7 Å². The first-order chi connectivity index (χ1) is 8.54. The normalized spacial score (nSPS) is 24.0. The van der Waals surface area contributed by atoms with Crippen molar-refractivity contribution in [1.82, 2.24) is 9.88 Å². The van der Waals surface area contributed by atoms with Crippen LogP contribution in [-0.2, 0) is 11.2 Å². The van der Waals surface area contributed by atoms with Gasteiger partial charge in [-0.15, -0.1) is 0 Å². The lowest BCUT2D eigenvalue weighted by atomic mass is 10.2. The Balaban J connectivity index is 1.97. The molecular weight excluding hydrogens is 246 g/mol. The Morgan fingerprint density at radius 1 is 1.44 bits per heavy atom. The molecule has 1 aromatic heterocycles. The Hall–Kier alpha value is -1.23.